The van der Waals surface area contributed by atoms with Crippen molar-refractivity contribution in [1.82, 2.24) is 10.3 Å². The molecule has 1 aromatic carbocycles. The summed E-state index contributed by atoms with van der Waals surface area (Å²) in [5, 5.41) is 5.13. The summed E-state index contributed by atoms with van der Waals surface area (Å²) in [6.45, 7) is 0.995. The Morgan fingerprint density at radius 3 is 2.58 bits per heavy atom. The van der Waals surface area contributed by atoms with Crippen LogP contribution in [0.1, 0.15) is 50.5 Å². The lowest BCUT2D eigenvalue weighted by Gasteiger charge is -2.20. The van der Waals surface area contributed by atoms with Crippen LogP contribution in [0.2, 0.25) is 0 Å². The van der Waals surface area contributed by atoms with Gasteiger partial charge in [-0.3, -0.25) is 0 Å². The topological polar surface area (TPSA) is 27.8 Å². The molecule has 0 atom stereocenters. The Morgan fingerprint density at radius 2 is 1.74 bits per heavy atom. The molecule has 0 bridgehead atoms. The summed E-state index contributed by atoms with van der Waals surface area (Å²) in [5.41, 5.74) is 2.65. The standard InChI is InChI=1S/C17H24N2/c1-2-4-8-15(9-5-3-1)18-12-14-13-19-17-11-7-6-10-16(14)17/h6-7,10-11,13,15,18-19H,1-5,8-9,12H2. The van der Waals surface area contributed by atoms with E-state index < -0.39 is 0 Å². The Balaban J connectivity index is 1.61. The fourth-order valence-corrected chi connectivity index (χ4v) is 3.19. The Bertz CT molecular complexity index is 507. The number of fused-ring (bicyclic) bond motifs is 1. The molecule has 0 saturated heterocycles. The number of aromatic nitrogens is 1. The largest absolute Gasteiger partial charge is 0.361 e. The van der Waals surface area contributed by atoms with Gasteiger partial charge < -0.3 is 10.3 Å². The monoisotopic (exact) mass is 256 g/mol. The van der Waals surface area contributed by atoms with Crippen LogP contribution in [-0.2, 0) is 6.54 Å². The first-order valence-corrected chi connectivity index (χ1v) is 7.72. The molecule has 0 unspecified atom stereocenters. The summed E-state index contributed by atoms with van der Waals surface area (Å²) < 4.78 is 0. The van der Waals surface area contributed by atoms with E-state index in [1.807, 2.05) is 0 Å². The summed E-state index contributed by atoms with van der Waals surface area (Å²) in [5.74, 6) is 0. The zero-order valence-corrected chi connectivity index (χ0v) is 11.6. The second kappa shape index (κ2) is 6.25. The van der Waals surface area contributed by atoms with Gasteiger partial charge in [0.05, 0.1) is 0 Å². The Morgan fingerprint density at radius 1 is 1.00 bits per heavy atom. The molecule has 0 radical (unpaired) electrons. The van der Waals surface area contributed by atoms with Crippen LogP contribution in [0, 0.1) is 0 Å². The van der Waals surface area contributed by atoms with Crippen LogP contribution >= 0.6 is 0 Å². The summed E-state index contributed by atoms with van der Waals surface area (Å²) in [4.78, 5) is 3.36. The van der Waals surface area contributed by atoms with E-state index >= 15 is 0 Å². The molecule has 1 saturated carbocycles. The molecule has 2 aromatic rings. The lowest BCUT2D eigenvalue weighted by atomic mass is 9.96. The Kier molecular flexibility index (Phi) is 4.19. The second-order valence-electron chi connectivity index (χ2n) is 5.78. The molecule has 0 spiro atoms. The van der Waals surface area contributed by atoms with Gasteiger partial charge in [0, 0.05) is 29.7 Å². The van der Waals surface area contributed by atoms with Gasteiger partial charge in [0.25, 0.3) is 0 Å². The van der Waals surface area contributed by atoms with E-state index in [0.717, 1.165) is 6.54 Å². The fraction of sp³-hybridized carbons (Fsp3) is 0.529. The first-order valence-electron chi connectivity index (χ1n) is 7.72. The summed E-state index contributed by atoms with van der Waals surface area (Å²) >= 11 is 0. The van der Waals surface area contributed by atoms with E-state index in [9.17, 15) is 0 Å². The SMILES string of the molecule is c1ccc2c(CNC3CCCCCCC3)c[nH]c2c1. The maximum atomic E-state index is 3.76. The van der Waals surface area contributed by atoms with Crippen LogP contribution in [0.25, 0.3) is 10.9 Å². The van der Waals surface area contributed by atoms with Crippen molar-refractivity contribution in [3.8, 4) is 0 Å². The number of aromatic amines is 1. The summed E-state index contributed by atoms with van der Waals surface area (Å²) in [7, 11) is 0. The molecule has 1 aromatic heterocycles. The number of benzene rings is 1. The highest BCUT2D eigenvalue weighted by Gasteiger charge is 2.11. The van der Waals surface area contributed by atoms with Gasteiger partial charge in [0.15, 0.2) is 0 Å². The van der Waals surface area contributed by atoms with Crippen molar-refractivity contribution in [2.75, 3.05) is 0 Å². The first-order chi connectivity index (χ1) is 9.43. The molecule has 19 heavy (non-hydrogen) atoms. The number of nitrogens with one attached hydrogen (secondary N) is 2. The summed E-state index contributed by atoms with van der Waals surface area (Å²) in [6.07, 6.45) is 11.9. The van der Waals surface area contributed by atoms with Gasteiger partial charge in [-0.2, -0.15) is 0 Å². The van der Waals surface area contributed by atoms with Crippen LogP contribution in [0.15, 0.2) is 30.5 Å². The zero-order chi connectivity index (χ0) is 12.9. The maximum Gasteiger partial charge on any atom is 0.0457 e. The van der Waals surface area contributed by atoms with Crippen molar-refractivity contribution in [2.24, 2.45) is 0 Å². The Labute approximate surface area is 115 Å². The third kappa shape index (κ3) is 3.19. The van der Waals surface area contributed by atoms with E-state index in [-0.39, 0.29) is 0 Å². The van der Waals surface area contributed by atoms with Gasteiger partial charge in [-0.05, 0) is 24.5 Å². The minimum Gasteiger partial charge on any atom is -0.361 e. The Hall–Kier alpha value is -1.28. The van der Waals surface area contributed by atoms with Crippen molar-refractivity contribution in [1.29, 1.82) is 0 Å². The minimum absolute atomic E-state index is 0.717. The minimum atomic E-state index is 0.717. The molecule has 0 aliphatic heterocycles. The van der Waals surface area contributed by atoms with Crippen LogP contribution in [0.5, 0.6) is 0 Å². The van der Waals surface area contributed by atoms with Crippen molar-refractivity contribution in [2.45, 2.75) is 57.5 Å². The van der Waals surface area contributed by atoms with E-state index in [2.05, 4.69) is 40.8 Å². The smallest absolute Gasteiger partial charge is 0.0457 e. The molecule has 2 heteroatoms. The van der Waals surface area contributed by atoms with E-state index in [0.29, 0.717) is 6.04 Å². The van der Waals surface area contributed by atoms with Gasteiger partial charge in [0.2, 0.25) is 0 Å². The van der Waals surface area contributed by atoms with Gasteiger partial charge in [-0.25, -0.2) is 0 Å². The number of H-pyrrole nitrogens is 1. The average molecular weight is 256 g/mol. The predicted octanol–water partition coefficient (Wildman–Crippen LogP) is 4.37. The molecular weight excluding hydrogens is 232 g/mol. The molecule has 1 heterocycles. The number of rotatable bonds is 3. The number of hydrogen-bond acceptors (Lipinski definition) is 1. The van der Waals surface area contributed by atoms with Crippen LogP contribution in [0.3, 0.4) is 0 Å². The van der Waals surface area contributed by atoms with E-state index in [4.69, 9.17) is 0 Å². The lowest BCUT2D eigenvalue weighted by Crippen LogP contribution is -2.29. The molecule has 2 N–H and O–H groups in total. The average Bonchev–Trinajstić information content (AvgIpc) is 2.81. The van der Waals surface area contributed by atoms with Gasteiger partial charge in [-0.15, -0.1) is 0 Å². The maximum absolute atomic E-state index is 3.76. The van der Waals surface area contributed by atoms with Crippen molar-refractivity contribution < 1.29 is 0 Å². The van der Waals surface area contributed by atoms with Crippen LogP contribution in [0.4, 0.5) is 0 Å². The number of hydrogen-bond donors (Lipinski definition) is 2. The normalized spacial score (nSPS) is 18.3. The van der Waals surface area contributed by atoms with E-state index in [1.54, 1.807) is 0 Å². The zero-order valence-electron chi connectivity index (χ0n) is 11.6. The third-order valence-electron chi connectivity index (χ3n) is 4.36. The lowest BCUT2D eigenvalue weighted by molar-refractivity contribution is 0.389. The van der Waals surface area contributed by atoms with Crippen molar-refractivity contribution in [3.05, 3.63) is 36.0 Å². The van der Waals surface area contributed by atoms with Gasteiger partial charge in [0.1, 0.15) is 0 Å². The van der Waals surface area contributed by atoms with E-state index in [1.165, 1.54) is 61.4 Å². The molecule has 1 fully saturated rings. The molecular formula is C17H24N2. The summed E-state index contributed by atoms with van der Waals surface area (Å²) in [6, 6.07) is 9.28. The van der Waals surface area contributed by atoms with Gasteiger partial charge in [-0.1, -0.05) is 50.3 Å². The van der Waals surface area contributed by atoms with Crippen LogP contribution < -0.4 is 5.32 Å². The van der Waals surface area contributed by atoms with Crippen molar-refractivity contribution in [3.63, 3.8) is 0 Å². The van der Waals surface area contributed by atoms with Crippen molar-refractivity contribution >= 4 is 10.9 Å². The molecule has 1 aliphatic carbocycles. The third-order valence-corrected chi connectivity index (χ3v) is 4.36. The molecule has 1 aliphatic rings. The quantitative estimate of drug-likeness (QED) is 0.838. The predicted molar refractivity (Wildman–Crippen MR) is 81.2 cm³/mol. The molecule has 3 rings (SSSR count). The first kappa shape index (κ1) is 12.7. The highest BCUT2D eigenvalue weighted by Crippen LogP contribution is 2.20. The van der Waals surface area contributed by atoms with Gasteiger partial charge >= 0.3 is 0 Å². The molecule has 0 amide bonds. The molecule has 102 valence electrons. The second-order valence-corrected chi connectivity index (χ2v) is 5.78. The highest BCUT2D eigenvalue weighted by molar-refractivity contribution is 5.82. The number of para-hydroxylation sites is 1. The molecule has 2 nitrogen and oxygen atoms in total. The fourth-order valence-electron chi connectivity index (χ4n) is 3.19. The highest BCUT2D eigenvalue weighted by atomic mass is 14.9. The van der Waals surface area contributed by atoms with Crippen LogP contribution in [-0.4, -0.2) is 11.0 Å².